The van der Waals surface area contributed by atoms with Crippen molar-refractivity contribution in [3.8, 4) is 5.75 Å². The van der Waals surface area contributed by atoms with Crippen LogP contribution in [0.15, 0.2) is 54.6 Å². The van der Waals surface area contributed by atoms with Crippen LogP contribution in [-0.2, 0) is 11.3 Å². The molecule has 94 valence electrons. The molecule has 0 radical (unpaired) electrons. The van der Waals surface area contributed by atoms with E-state index in [9.17, 15) is 5.11 Å². The summed E-state index contributed by atoms with van der Waals surface area (Å²) < 4.78 is 10.5. The van der Waals surface area contributed by atoms with Gasteiger partial charge in [-0.05, 0) is 17.7 Å². The molecular weight excluding hydrogens is 228 g/mol. The standard InChI is InChI=1S/C15H16O3/c1-17-15(16)13-8-5-9-14(10-13)18-11-12-6-3-2-4-7-12/h2-10,15-16H,11H2,1H3. The Kier molecular flexibility index (Phi) is 4.34. The lowest BCUT2D eigenvalue weighted by molar-refractivity contribution is -0.0770. The molecule has 0 aliphatic carbocycles. The van der Waals surface area contributed by atoms with Gasteiger partial charge in [-0.3, -0.25) is 0 Å². The molecule has 1 atom stereocenters. The summed E-state index contributed by atoms with van der Waals surface area (Å²) in [5, 5.41) is 9.56. The highest BCUT2D eigenvalue weighted by Crippen LogP contribution is 2.20. The number of rotatable bonds is 5. The zero-order chi connectivity index (χ0) is 12.8. The molecule has 0 aromatic heterocycles. The normalized spacial score (nSPS) is 12.1. The molecule has 1 unspecified atom stereocenters. The lowest BCUT2D eigenvalue weighted by Gasteiger charge is -2.11. The van der Waals surface area contributed by atoms with Gasteiger partial charge >= 0.3 is 0 Å². The van der Waals surface area contributed by atoms with E-state index in [1.54, 1.807) is 12.1 Å². The Morgan fingerprint density at radius 3 is 2.56 bits per heavy atom. The fourth-order valence-corrected chi connectivity index (χ4v) is 1.63. The van der Waals surface area contributed by atoms with Crippen LogP contribution in [0.5, 0.6) is 5.75 Å². The largest absolute Gasteiger partial charge is 0.489 e. The van der Waals surface area contributed by atoms with Crippen LogP contribution in [0.1, 0.15) is 17.4 Å². The molecule has 0 spiro atoms. The number of hydrogen-bond donors (Lipinski definition) is 1. The molecular formula is C15H16O3. The van der Waals surface area contributed by atoms with E-state index in [4.69, 9.17) is 9.47 Å². The molecule has 0 saturated heterocycles. The fourth-order valence-electron chi connectivity index (χ4n) is 1.63. The van der Waals surface area contributed by atoms with Crippen LogP contribution >= 0.6 is 0 Å². The average molecular weight is 244 g/mol. The van der Waals surface area contributed by atoms with Gasteiger partial charge < -0.3 is 14.6 Å². The molecule has 0 fully saturated rings. The molecule has 0 amide bonds. The molecule has 0 saturated carbocycles. The van der Waals surface area contributed by atoms with Gasteiger partial charge in [-0.25, -0.2) is 0 Å². The van der Waals surface area contributed by atoms with Crippen molar-refractivity contribution in [1.29, 1.82) is 0 Å². The first-order valence-corrected chi connectivity index (χ1v) is 5.77. The Labute approximate surface area is 107 Å². The van der Waals surface area contributed by atoms with Crippen molar-refractivity contribution in [1.82, 2.24) is 0 Å². The minimum atomic E-state index is -0.912. The van der Waals surface area contributed by atoms with Gasteiger partial charge in [0.2, 0.25) is 0 Å². The van der Waals surface area contributed by atoms with Gasteiger partial charge in [-0.1, -0.05) is 42.5 Å². The maximum atomic E-state index is 9.56. The summed E-state index contributed by atoms with van der Waals surface area (Å²) in [4.78, 5) is 0. The van der Waals surface area contributed by atoms with Crippen LogP contribution in [-0.4, -0.2) is 12.2 Å². The Hall–Kier alpha value is -1.84. The van der Waals surface area contributed by atoms with Gasteiger partial charge in [0, 0.05) is 12.7 Å². The summed E-state index contributed by atoms with van der Waals surface area (Å²) in [7, 11) is 1.46. The lowest BCUT2D eigenvalue weighted by Crippen LogP contribution is -2.00. The van der Waals surface area contributed by atoms with Crippen molar-refractivity contribution in [3.05, 3.63) is 65.7 Å². The summed E-state index contributed by atoms with van der Waals surface area (Å²) in [6, 6.07) is 17.2. The third kappa shape index (κ3) is 3.32. The summed E-state index contributed by atoms with van der Waals surface area (Å²) >= 11 is 0. The number of aliphatic hydroxyl groups is 1. The van der Waals surface area contributed by atoms with Crippen LogP contribution in [0.2, 0.25) is 0 Å². The SMILES string of the molecule is COC(O)c1cccc(OCc2ccccc2)c1. The quantitative estimate of drug-likeness (QED) is 0.822. The van der Waals surface area contributed by atoms with Crippen LogP contribution in [0.25, 0.3) is 0 Å². The molecule has 2 rings (SSSR count). The van der Waals surface area contributed by atoms with Gasteiger partial charge in [0.15, 0.2) is 6.29 Å². The van der Waals surface area contributed by atoms with Crippen molar-refractivity contribution in [2.75, 3.05) is 7.11 Å². The van der Waals surface area contributed by atoms with Crippen LogP contribution in [0.4, 0.5) is 0 Å². The third-order valence-corrected chi connectivity index (χ3v) is 2.61. The molecule has 2 aromatic carbocycles. The summed E-state index contributed by atoms with van der Waals surface area (Å²) in [6.07, 6.45) is -0.912. The predicted octanol–water partition coefficient (Wildman–Crippen LogP) is 2.90. The van der Waals surface area contributed by atoms with E-state index in [-0.39, 0.29) is 0 Å². The first kappa shape index (κ1) is 12.6. The number of hydrogen-bond acceptors (Lipinski definition) is 3. The smallest absolute Gasteiger partial charge is 0.180 e. The van der Waals surface area contributed by atoms with Gasteiger partial charge in [0.25, 0.3) is 0 Å². The summed E-state index contributed by atoms with van der Waals surface area (Å²) in [5.41, 5.74) is 1.79. The average Bonchev–Trinajstić information content (AvgIpc) is 2.45. The summed E-state index contributed by atoms with van der Waals surface area (Å²) in [5.74, 6) is 0.715. The minimum absolute atomic E-state index is 0.507. The number of methoxy groups -OCH3 is 1. The van der Waals surface area contributed by atoms with Crippen molar-refractivity contribution >= 4 is 0 Å². The van der Waals surface area contributed by atoms with Gasteiger partial charge in [0.1, 0.15) is 12.4 Å². The minimum Gasteiger partial charge on any atom is -0.489 e. The third-order valence-electron chi connectivity index (χ3n) is 2.61. The first-order valence-electron chi connectivity index (χ1n) is 5.77. The van der Waals surface area contributed by atoms with E-state index in [0.29, 0.717) is 17.9 Å². The lowest BCUT2D eigenvalue weighted by atomic mass is 10.2. The van der Waals surface area contributed by atoms with Crippen molar-refractivity contribution in [3.63, 3.8) is 0 Å². The maximum absolute atomic E-state index is 9.56. The number of ether oxygens (including phenoxy) is 2. The van der Waals surface area contributed by atoms with Gasteiger partial charge in [-0.15, -0.1) is 0 Å². The second kappa shape index (κ2) is 6.19. The molecule has 2 aromatic rings. The predicted molar refractivity (Wildman–Crippen MR) is 69.2 cm³/mol. The number of aliphatic hydroxyl groups excluding tert-OH is 1. The molecule has 0 aliphatic rings. The van der Waals surface area contributed by atoms with Crippen molar-refractivity contribution in [2.45, 2.75) is 12.9 Å². The molecule has 3 nitrogen and oxygen atoms in total. The highest BCUT2D eigenvalue weighted by molar-refractivity contribution is 5.29. The Bertz CT molecular complexity index is 482. The fraction of sp³-hybridized carbons (Fsp3) is 0.200. The van der Waals surface area contributed by atoms with E-state index >= 15 is 0 Å². The second-order valence-electron chi connectivity index (χ2n) is 3.93. The van der Waals surface area contributed by atoms with Gasteiger partial charge in [0.05, 0.1) is 0 Å². The highest BCUT2D eigenvalue weighted by Gasteiger charge is 2.06. The monoisotopic (exact) mass is 244 g/mol. The Morgan fingerprint density at radius 2 is 1.83 bits per heavy atom. The van der Waals surface area contributed by atoms with Crippen LogP contribution in [0, 0.1) is 0 Å². The van der Waals surface area contributed by atoms with Crippen LogP contribution < -0.4 is 4.74 Å². The molecule has 0 bridgehead atoms. The molecule has 18 heavy (non-hydrogen) atoms. The van der Waals surface area contributed by atoms with Gasteiger partial charge in [-0.2, -0.15) is 0 Å². The number of benzene rings is 2. The zero-order valence-electron chi connectivity index (χ0n) is 10.2. The maximum Gasteiger partial charge on any atom is 0.180 e. The van der Waals surface area contributed by atoms with E-state index in [1.807, 2.05) is 42.5 Å². The van der Waals surface area contributed by atoms with E-state index in [2.05, 4.69) is 0 Å². The van der Waals surface area contributed by atoms with Crippen molar-refractivity contribution in [2.24, 2.45) is 0 Å². The first-order chi connectivity index (χ1) is 8.79. The van der Waals surface area contributed by atoms with E-state index in [1.165, 1.54) is 7.11 Å². The van der Waals surface area contributed by atoms with E-state index in [0.717, 1.165) is 5.56 Å². The topological polar surface area (TPSA) is 38.7 Å². The van der Waals surface area contributed by atoms with E-state index < -0.39 is 6.29 Å². The van der Waals surface area contributed by atoms with Crippen LogP contribution in [0.3, 0.4) is 0 Å². The Morgan fingerprint density at radius 1 is 1.06 bits per heavy atom. The molecule has 0 aliphatic heterocycles. The zero-order valence-corrected chi connectivity index (χ0v) is 10.2. The molecule has 3 heteroatoms. The van der Waals surface area contributed by atoms with Crippen molar-refractivity contribution < 1.29 is 14.6 Å². The summed E-state index contributed by atoms with van der Waals surface area (Å²) in [6.45, 7) is 0.507. The highest BCUT2D eigenvalue weighted by atomic mass is 16.6. The molecule has 1 N–H and O–H groups in total. The second-order valence-corrected chi connectivity index (χ2v) is 3.93. The Balaban J connectivity index is 2.01. The molecule has 0 heterocycles.